The summed E-state index contributed by atoms with van der Waals surface area (Å²) in [6, 6.07) is 16.6. The van der Waals surface area contributed by atoms with Crippen LogP contribution in [0.2, 0.25) is 0 Å². The number of benzene rings is 2. The summed E-state index contributed by atoms with van der Waals surface area (Å²) in [4.78, 5) is 15.6. The van der Waals surface area contributed by atoms with E-state index in [1.807, 2.05) is 62.5 Å². The van der Waals surface area contributed by atoms with Crippen LogP contribution in [0.3, 0.4) is 0 Å². The van der Waals surface area contributed by atoms with Gasteiger partial charge in [0.1, 0.15) is 10.0 Å². The predicted molar refractivity (Wildman–Crippen MR) is 163 cm³/mol. The molecule has 1 amide bonds. The molecular formula is C29H34N4O3S3. The van der Waals surface area contributed by atoms with Gasteiger partial charge in [-0.05, 0) is 49.6 Å². The average Bonchev–Trinajstić information content (AvgIpc) is 3.48. The lowest BCUT2D eigenvalue weighted by atomic mass is 10.1. The van der Waals surface area contributed by atoms with E-state index in [9.17, 15) is 13.2 Å². The molecule has 0 atom stereocenters. The summed E-state index contributed by atoms with van der Waals surface area (Å²) in [5.74, 6) is -0.108. The van der Waals surface area contributed by atoms with Crippen molar-refractivity contribution in [3.8, 4) is 16.9 Å². The highest BCUT2D eigenvalue weighted by atomic mass is 32.2. The Bertz CT molecular complexity index is 1460. The molecule has 0 unspecified atom stereocenters. The number of sulfonamides is 1. The third-order valence-corrected chi connectivity index (χ3v) is 9.62. The van der Waals surface area contributed by atoms with Gasteiger partial charge in [-0.25, -0.2) is 13.1 Å². The van der Waals surface area contributed by atoms with Gasteiger partial charge in [-0.15, -0.1) is 0 Å². The zero-order valence-electron chi connectivity index (χ0n) is 22.5. The van der Waals surface area contributed by atoms with Gasteiger partial charge in [-0.3, -0.25) is 9.69 Å². The van der Waals surface area contributed by atoms with Crippen molar-refractivity contribution in [1.82, 2.24) is 19.0 Å². The molecule has 2 aromatic carbocycles. The Morgan fingerprint density at radius 1 is 1.00 bits per heavy atom. The van der Waals surface area contributed by atoms with E-state index < -0.39 is 10.0 Å². The topological polar surface area (TPSA) is 75.5 Å². The molecule has 1 aliphatic heterocycles. The minimum absolute atomic E-state index is 0.108. The van der Waals surface area contributed by atoms with Crippen molar-refractivity contribution in [1.29, 1.82) is 0 Å². The van der Waals surface area contributed by atoms with Crippen molar-refractivity contribution in [2.45, 2.75) is 51.3 Å². The fourth-order valence-electron chi connectivity index (χ4n) is 4.38. The first-order chi connectivity index (χ1) is 18.8. The van der Waals surface area contributed by atoms with Crippen LogP contribution >= 0.6 is 24.0 Å². The molecule has 0 bridgehead atoms. The largest absolute Gasteiger partial charge is 0.293 e. The summed E-state index contributed by atoms with van der Waals surface area (Å²) in [6.45, 7) is 7.56. The fourth-order valence-corrected chi connectivity index (χ4v) is 7.35. The Balaban J connectivity index is 1.79. The van der Waals surface area contributed by atoms with Crippen LogP contribution in [0.4, 0.5) is 0 Å². The summed E-state index contributed by atoms with van der Waals surface area (Å²) in [5, 5.41) is 4.84. The van der Waals surface area contributed by atoms with E-state index in [1.165, 1.54) is 16.1 Å². The third kappa shape index (κ3) is 6.51. The summed E-state index contributed by atoms with van der Waals surface area (Å²) in [7, 11) is -3.67. The number of carbonyl (C=O) groups is 1. The summed E-state index contributed by atoms with van der Waals surface area (Å²) in [6.07, 6.45) is 7.00. The van der Waals surface area contributed by atoms with Crippen molar-refractivity contribution >= 4 is 50.3 Å². The van der Waals surface area contributed by atoms with Gasteiger partial charge in [0.2, 0.25) is 10.0 Å². The van der Waals surface area contributed by atoms with Crippen molar-refractivity contribution in [2.24, 2.45) is 0 Å². The first kappa shape index (κ1) is 29.2. The van der Waals surface area contributed by atoms with Crippen LogP contribution < -0.4 is 0 Å². The molecule has 1 fully saturated rings. The molecule has 10 heteroatoms. The number of unbranched alkanes of at least 4 members (excludes halogenated alkanes) is 1. The third-order valence-electron chi connectivity index (χ3n) is 6.35. The van der Waals surface area contributed by atoms with Crippen LogP contribution in [0.25, 0.3) is 23.0 Å². The van der Waals surface area contributed by atoms with Gasteiger partial charge in [0, 0.05) is 37.0 Å². The lowest BCUT2D eigenvalue weighted by Gasteiger charge is -2.21. The van der Waals surface area contributed by atoms with Crippen molar-refractivity contribution in [3.63, 3.8) is 0 Å². The molecule has 3 aromatic rings. The quantitative estimate of drug-likeness (QED) is 0.183. The Morgan fingerprint density at radius 2 is 1.72 bits per heavy atom. The van der Waals surface area contributed by atoms with Crippen LogP contribution in [0.5, 0.6) is 0 Å². The maximum absolute atomic E-state index is 13.5. The zero-order valence-corrected chi connectivity index (χ0v) is 25.0. The monoisotopic (exact) mass is 582 g/mol. The number of thioether (sulfide) groups is 1. The Morgan fingerprint density at radius 3 is 2.38 bits per heavy atom. The molecule has 39 heavy (non-hydrogen) atoms. The lowest BCUT2D eigenvalue weighted by molar-refractivity contribution is -0.122. The molecule has 0 N–H and O–H groups in total. The number of aromatic nitrogens is 2. The van der Waals surface area contributed by atoms with E-state index in [-0.39, 0.29) is 10.8 Å². The lowest BCUT2D eigenvalue weighted by Crippen LogP contribution is -2.32. The second kappa shape index (κ2) is 13.0. The number of nitrogens with zero attached hydrogens (tertiary/aromatic N) is 4. The van der Waals surface area contributed by atoms with E-state index in [1.54, 1.807) is 27.8 Å². The molecule has 0 aliphatic carbocycles. The van der Waals surface area contributed by atoms with Crippen LogP contribution in [-0.4, -0.2) is 57.3 Å². The van der Waals surface area contributed by atoms with Crippen LogP contribution in [-0.2, 0) is 14.8 Å². The molecule has 1 aromatic heterocycles. The van der Waals surface area contributed by atoms with Crippen molar-refractivity contribution in [3.05, 3.63) is 71.3 Å². The molecule has 2 heterocycles. The second-order valence-corrected chi connectivity index (χ2v) is 12.9. The second-order valence-electron chi connectivity index (χ2n) is 9.33. The number of carbonyl (C=O) groups excluding carboxylic acids is 1. The maximum Gasteiger partial charge on any atom is 0.266 e. The highest BCUT2D eigenvalue weighted by Gasteiger charge is 2.32. The molecule has 0 spiro atoms. The molecule has 0 radical (unpaired) electrons. The standard InChI is InChI=1S/C29H34N4O3S3/c1-4-7-18-32-28(34)26(38-29(32)37)20-23-21-33(24-13-9-8-10-14-24)30-27(23)22-12-11-15-25(19-22)39(35,36)31(16-5-2)17-6-3/h8-15,19-21H,4-7,16-18H2,1-3H3/b26-20-. The molecular weight excluding hydrogens is 549 g/mol. The number of thiocarbonyl (C=S) groups is 1. The van der Waals surface area contributed by atoms with Crippen molar-refractivity contribution in [2.75, 3.05) is 19.6 Å². The SMILES string of the molecule is CCCCN1C(=O)/C(=C/c2cn(-c3ccccc3)nc2-c2cccc(S(=O)(=O)N(CCC)CCC)c2)SC1=S. The average molecular weight is 583 g/mol. The van der Waals surface area contributed by atoms with Crippen LogP contribution in [0.15, 0.2) is 70.6 Å². The number of amides is 1. The number of rotatable bonds is 12. The van der Waals surface area contributed by atoms with Crippen LogP contribution in [0.1, 0.15) is 52.0 Å². The van der Waals surface area contributed by atoms with Crippen molar-refractivity contribution < 1.29 is 13.2 Å². The molecule has 7 nitrogen and oxygen atoms in total. The molecule has 1 saturated heterocycles. The predicted octanol–water partition coefficient (Wildman–Crippen LogP) is 6.35. The van der Waals surface area contributed by atoms with Gasteiger partial charge in [0.15, 0.2) is 0 Å². The summed E-state index contributed by atoms with van der Waals surface area (Å²) >= 11 is 6.78. The molecule has 4 rings (SSSR count). The van der Waals surface area contributed by atoms with Gasteiger partial charge < -0.3 is 0 Å². The molecule has 206 valence electrons. The van der Waals surface area contributed by atoms with Crippen LogP contribution in [0, 0.1) is 0 Å². The van der Waals surface area contributed by atoms with E-state index >= 15 is 0 Å². The van der Waals surface area contributed by atoms with Gasteiger partial charge in [0.05, 0.1) is 15.5 Å². The number of hydrogen-bond acceptors (Lipinski definition) is 6. The van der Waals surface area contributed by atoms with Gasteiger partial charge >= 0.3 is 0 Å². The smallest absolute Gasteiger partial charge is 0.266 e. The van der Waals surface area contributed by atoms with E-state index in [0.717, 1.165) is 31.4 Å². The van der Waals surface area contributed by atoms with E-state index in [2.05, 4.69) is 6.92 Å². The maximum atomic E-state index is 13.5. The highest BCUT2D eigenvalue weighted by Crippen LogP contribution is 2.35. The minimum atomic E-state index is -3.67. The minimum Gasteiger partial charge on any atom is -0.293 e. The fraction of sp³-hybridized carbons (Fsp3) is 0.345. The number of para-hydroxylation sites is 1. The first-order valence-corrected chi connectivity index (χ1v) is 16.0. The van der Waals surface area contributed by atoms with Gasteiger partial charge in [-0.2, -0.15) is 9.40 Å². The van der Waals surface area contributed by atoms with E-state index in [4.69, 9.17) is 17.3 Å². The summed E-state index contributed by atoms with van der Waals surface area (Å²) < 4.78 is 30.9. The van der Waals surface area contributed by atoms with E-state index in [0.29, 0.717) is 45.7 Å². The Labute approximate surface area is 240 Å². The first-order valence-electron chi connectivity index (χ1n) is 13.3. The van der Waals surface area contributed by atoms with Gasteiger partial charge in [-0.1, -0.05) is 81.5 Å². The molecule has 1 aliphatic rings. The number of hydrogen-bond donors (Lipinski definition) is 0. The molecule has 0 saturated carbocycles. The zero-order chi connectivity index (χ0) is 28.0. The Hall–Kier alpha value is -2.79. The summed E-state index contributed by atoms with van der Waals surface area (Å²) in [5.41, 5.74) is 2.82. The normalized spacial score (nSPS) is 15.2. The highest BCUT2D eigenvalue weighted by molar-refractivity contribution is 8.26. The Kier molecular flexibility index (Phi) is 9.76. The van der Waals surface area contributed by atoms with Gasteiger partial charge in [0.25, 0.3) is 5.91 Å².